The Morgan fingerprint density at radius 3 is 1.68 bits per heavy atom. The smallest absolute Gasteiger partial charge is 0.341 e. The molecule has 0 saturated carbocycles. The van der Waals surface area contributed by atoms with E-state index in [0.29, 0.717) is 28.1 Å². The van der Waals surface area contributed by atoms with E-state index in [9.17, 15) is 18.3 Å². The van der Waals surface area contributed by atoms with Crippen molar-refractivity contribution in [1.82, 2.24) is 14.3 Å². The first kappa shape index (κ1) is 35.8. The Kier molecular flexibility index (Phi) is 11.0. The molecule has 0 aliphatic heterocycles. The molecule has 0 unspecified atom stereocenters. The topological polar surface area (TPSA) is 126 Å². The summed E-state index contributed by atoms with van der Waals surface area (Å²) >= 11 is 0. The lowest BCUT2D eigenvalue weighted by Crippen LogP contribution is -2.35. The molecule has 0 fully saturated rings. The van der Waals surface area contributed by atoms with E-state index < -0.39 is 16.1 Å². The van der Waals surface area contributed by atoms with Crippen molar-refractivity contribution in [1.29, 1.82) is 0 Å². The Morgan fingerprint density at radius 2 is 1.22 bits per heavy atom. The van der Waals surface area contributed by atoms with Crippen LogP contribution >= 0.6 is 0 Å². The molecule has 11 nitrogen and oxygen atoms in total. The van der Waals surface area contributed by atoms with Crippen molar-refractivity contribution in [2.24, 2.45) is 0 Å². The van der Waals surface area contributed by atoms with Gasteiger partial charge in [-0.05, 0) is 76.2 Å². The van der Waals surface area contributed by atoms with Crippen LogP contribution in [0.3, 0.4) is 0 Å². The lowest BCUT2D eigenvalue weighted by Gasteiger charge is -2.21. The molecule has 0 aliphatic rings. The summed E-state index contributed by atoms with van der Waals surface area (Å²) in [5, 5.41) is 10.7. The largest absolute Gasteiger partial charge is 0.502 e. The van der Waals surface area contributed by atoms with E-state index in [4.69, 9.17) is 14.5 Å². The maximum atomic E-state index is 14.4. The van der Waals surface area contributed by atoms with Gasteiger partial charge in [0.25, 0.3) is 10.0 Å². The summed E-state index contributed by atoms with van der Waals surface area (Å²) in [6, 6.07) is 25.4. The number of aromatic nitrogens is 2. The fourth-order valence-electron chi connectivity index (χ4n) is 5.96. The van der Waals surface area contributed by atoms with Gasteiger partial charge >= 0.3 is 6.03 Å². The summed E-state index contributed by atoms with van der Waals surface area (Å²) in [6.45, 7) is 11.6. The van der Waals surface area contributed by atoms with Crippen LogP contribution in [0.15, 0.2) is 95.9 Å². The molecule has 5 rings (SSSR count). The van der Waals surface area contributed by atoms with E-state index in [0.717, 1.165) is 37.6 Å². The number of ether oxygens (including phenoxy) is 2. The molecule has 262 valence electrons. The molecule has 0 atom stereocenters. The highest BCUT2D eigenvalue weighted by molar-refractivity contribution is 7.90. The van der Waals surface area contributed by atoms with Crippen LogP contribution in [0.4, 0.5) is 16.2 Å². The molecule has 0 saturated heterocycles. The van der Waals surface area contributed by atoms with Gasteiger partial charge in [0.15, 0.2) is 11.5 Å². The number of rotatable bonds is 13. The molecule has 50 heavy (non-hydrogen) atoms. The van der Waals surface area contributed by atoms with Crippen molar-refractivity contribution < 1.29 is 27.8 Å². The van der Waals surface area contributed by atoms with Gasteiger partial charge in [-0.3, -0.25) is 0 Å². The van der Waals surface area contributed by atoms with E-state index in [2.05, 4.69) is 42.2 Å². The van der Waals surface area contributed by atoms with Gasteiger partial charge in [-0.2, -0.15) is 0 Å². The molecule has 1 amide bonds. The Labute approximate surface area is 293 Å². The fourth-order valence-corrected chi connectivity index (χ4v) is 6.91. The van der Waals surface area contributed by atoms with Gasteiger partial charge in [0.05, 0.1) is 30.5 Å². The molecule has 0 aliphatic carbocycles. The van der Waals surface area contributed by atoms with Gasteiger partial charge in [0, 0.05) is 54.2 Å². The molecule has 5 aromatic rings. The third-order valence-corrected chi connectivity index (χ3v) is 9.97. The number of hydrogen-bond acceptors (Lipinski definition) is 9. The standard InChI is InChI=1S/C38H43N5O6S/c1-7-41(8-2)29-20-16-26(17-21-29)34-35(27-18-22-30(23-19-27)42(9-3)10-4)43(38(45)40-50(46,47)31-14-12-11-13-15-31)37(39-34)28-24-32(48-5)36(44)33(25-28)49-6/h11-25,44H,7-10H2,1-6H3,(H,40,45). The van der Waals surface area contributed by atoms with Gasteiger partial charge in [-0.25, -0.2) is 27.5 Å². The SMILES string of the molecule is CCN(CC)c1ccc(-c2nc(-c3cc(OC)c(O)c(OC)c3)n(C(=O)NS(=O)(=O)c3ccccc3)c2-c2ccc(N(CC)CC)cc2)cc1. The van der Waals surface area contributed by atoms with Crippen molar-refractivity contribution in [3.8, 4) is 51.2 Å². The van der Waals surface area contributed by atoms with Gasteiger partial charge in [-0.1, -0.05) is 42.5 Å². The van der Waals surface area contributed by atoms with Gasteiger partial charge < -0.3 is 24.4 Å². The number of anilines is 2. The van der Waals surface area contributed by atoms with E-state index >= 15 is 0 Å². The number of nitrogens with zero attached hydrogens (tertiary/aromatic N) is 4. The number of carbonyl (C=O) groups is 1. The number of methoxy groups -OCH3 is 2. The minimum absolute atomic E-state index is 0.0691. The van der Waals surface area contributed by atoms with Crippen LogP contribution in [-0.4, -0.2) is 69.5 Å². The van der Waals surface area contributed by atoms with Crippen molar-refractivity contribution in [3.05, 3.63) is 91.0 Å². The number of sulfonamides is 1. The van der Waals surface area contributed by atoms with Crippen molar-refractivity contribution in [2.45, 2.75) is 32.6 Å². The molecule has 1 aromatic heterocycles. The van der Waals surface area contributed by atoms with Gasteiger partial charge in [0.2, 0.25) is 5.75 Å². The maximum absolute atomic E-state index is 14.4. The number of hydrogen-bond donors (Lipinski definition) is 2. The third-order valence-electron chi connectivity index (χ3n) is 8.63. The Bertz CT molecular complexity index is 2010. The van der Waals surface area contributed by atoms with Gasteiger partial charge in [0.1, 0.15) is 5.82 Å². The first-order valence-electron chi connectivity index (χ1n) is 16.5. The molecule has 0 radical (unpaired) electrons. The summed E-state index contributed by atoms with van der Waals surface area (Å²) in [5.74, 6) is 0.0447. The molecule has 4 aromatic carbocycles. The molecule has 0 spiro atoms. The van der Waals surface area contributed by atoms with E-state index in [-0.39, 0.29) is 28.0 Å². The molecule has 0 bridgehead atoms. The predicted molar refractivity (Wildman–Crippen MR) is 198 cm³/mol. The zero-order valence-electron chi connectivity index (χ0n) is 29.2. The Balaban J connectivity index is 1.81. The average Bonchev–Trinajstić information content (AvgIpc) is 3.54. The maximum Gasteiger partial charge on any atom is 0.341 e. The first-order chi connectivity index (χ1) is 24.1. The van der Waals surface area contributed by atoms with E-state index in [1.54, 1.807) is 18.2 Å². The number of benzene rings is 4. The normalized spacial score (nSPS) is 11.2. The van der Waals surface area contributed by atoms with Crippen molar-refractivity contribution in [2.75, 3.05) is 50.2 Å². The summed E-state index contributed by atoms with van der Waals surface area (Å²) in [7, 11) is -1.49. The summed E-state index contributed by atoms with van der Waals surface area (Å²) in [6.07, 6.45) is 0. The highest BCUT2D eigenvalue weighted by Gasteiger charge is 2.29. The van der Waals surface area contributed by atoms with Gasteiger partial charge in [-0.15, -0.1) is 0 Å². The van der Waals surface area contributed by atoms with Crippen LogP contribution < -0.4 is 24.0 Å². The first-order valence-corrected chi connectivity index (χ1v) is 18.0. The van der Waals surface area contributed by atoms with E-state index in [1.807, 2.05) is 48.5 Å². The number of imidazole rings is 1. The minimum Gasteiger partial charge on any atom is -0.502 e. The fraction of sp³-hybridized carbons (Fsp3) is 0.263. The average molecular weight is 698 g/mol. The quantitative estimate of drug-likeness (QED) is 0.131. The number of nitrogens with one attached hydrogen (secondary N) is 1. The zero-order valence-corrected chi connectivity index (χ0v) is 30.0. The number of amides is 1. The lowest BCUT2D eigenvalue weighted by atomic mass is 10.0. The second kappa shape index (κ2) is 15.4. The Hall–Kier alpha value is -5.49. The number of phenols is 1. The highest BCUT2D eigenvalue weighted by Crippen LogP contribution is 2.43. The van der Waals surface area contributed by atoms with E-state index in [1.165, 1.54) is 43.1 Å². The number of aromatic hydroxyl groups is 1. The van der Waals surface area contributed by atoms with Crippen LogP contribution in [0.25, 0.3) is 33.9 Å². The summed E-state index contributed by atoms with van der Waals surface area (Å²) < 4.78 is 41.4. The lowest BCUT2D eigenvalue weighted by molar-refractivity contribution is 0.248. The molecule has 12 heteroatoms. The molecular weight excluding hydrogens is 655 g/mol. The molecular formula is C38H43N5O6S. The van der Waals surface area contributed by atoms with Crippen LogP contribution in [-0.2, 0) is 10.0 Å². The number of phenolic OH excluding ortho intramolecular Hbond substituents is 1. The highest BCUT2D eigenvalue weighted by atomic mass is 32.2. The number of carbonyl (C=O) groups excluding carboxylic acids is 1. The monoisotopic (exact) mass is 697 g/mol. The van der Waals surface area contributed by atoms with Crippen LogP contribution in [0, 0.1) is 0 Å². The van der Waals surface area contributed by atoms with Crippen molar-refractivity contribution in [3.63, 3.8) is 0 Å². The third kappa shape index (κ3) is 7.11. The molecule has 2 N–H and O–H groups in total. The minimum atomic E-state index is -4.29. The molecule has 1 heterocycles. The van der Waals surface area contributed by atoms with Crippen LogP contribution in [0.2, 0.25) is 0 Å². The summed E-state index contributed by atoms with van der Waals surface area (Å²) in [5.41, 5.74) is 4.53. The predicted octanol–water partition coefficient (Wildman–Crippen LogP) is 7.25. The second-order valence-electron chi connectivity index (χ2n) is 11.4. The second-order valence-corrected chi connectivity index (χ2v) is 13.0. The summed E-state index contributed by atoms with van der Waals surface area (Å²) in [4.78, 5) is 23.8. The van der Waals surface area contributed by atoms with Crippen molar-refractivity contribution >= 4 is 27.4 Å². The zero-order chi connectivity index (χ0) is 36.0. The van der Waals surface area contributed by atoms with Crippen LogP contribution in [0.5, 0.6) is 17.2 Å². The van der Waals surface area contributed by atoms with Crippen LogP contribution in [0.1, 0.15) is 27.7 Å². The Morgan fingerprint density at radius 1 is 0.740 bits per heavy atom.